The van der Waals surface area contributed by atoms with Crippen molar-refractivity contribution in [2.45, 2.75) is 26.2 Å². The Morgan fingerprint density at radius 2 is 1.94 bits per heavy atom. The van der Waals surface area contributed by atoms with E-state index in [9.17, 15) is 4.79 Å². The molecule has 0 amide bonds. The molecule has 3 nitrogen and oxygen atoms in total. The van der Waals surface area contributed by atoms with Gasteiger partial charge in [-0.25, -0.2) is 4.79 Å². The van der Waals surface area contributed by atoms with E-state index in [4.69, 9.17) is 4.74 Å². The molecule has 0 aliphatic carbocycles. The highest BCUT2D eigenvalue weighted by molar-refractivity contribution is 5.70. The molecule has 3 heteroatoms. The van der Waals surface area contributed by atoms with E-state index in [0.29, 0.717) is 11.7 Å². The van der Waals surface area contributed by atoms with Crippen LogP contribution in [0.15, 0.2) is 24.3 Å². The first-order valence-electron chi connectivity index (χ1n) is 5.47. The molecule has 0 spiro atoms. The minimum absolute atomic E-state index is 0.0425. The molecule has 16 heavy (non-hydrogen) atoms. The van der Waals surface area contributed by atoms with Crippen molar-refractivity contribution in [3.63, 3.8) is 0 Å². The Balaban J connectivity index is 2.54. The van der Waals surface area contributed by atoms with Gasteiger partial charge in [0.1, 0.15) is 5.75 Å². The summed E-state index contributed by atoms with van der Waals surface area (Å²) < 4.78 is 9.74. The molecule has 0 N–H and O–H groups in total. The standard InChI is InChI=1S/C13H18O3/c1-4-10(2)11-5-7-12(8-6-11)16-9-13(14)15-3/h5-8,10H,4,9H2,1-3H3. The van der Waals surface area contributed by atoms with E-state index in [1.54, 1.807) is 0 Å². The second-order valence-electron chi connectivity index (χ2n) is 3.74. The van der Waals surface area contributed by atoms with Gasteiger partial charge in [-0.05, 0) is 30.0 Å². The van der Waals surface area contributed by atoms with Crippen LogP contribution in [0.5, 0.6) is 5.75 Å². The van der Waals surface area contributed by atoms with E-state index in [1.165, 1.54) is 12.7 Å². The van der Waals surface area contributed by atoms with Crippen molar-refractivity contribution in [1.82, 2.24) is 0 Å². The van der Waals surface area contributed by atoms with Crippen molar-refractivity contribution in [3.05, 3.63) is 29.8 Å². The number of hydrogen-bond donors (Lipinski definition) is 0. The smallest absolute Gasteiger partial charge is 0.343 e. The second-order valence-corrected chi connectivity index (χ2v) is 3.74. The molecular formula is C13H18O3. The third-order valence-corrected chi connectivity index (χ3v) is 2.65. The molecule has 0 radical (unpaired) electrons. The molecule has 0 aliphatic rings. The fraction of sp³-hybridized carbons (Fsp3) is 0.462. The zero-order valence-electron chi connectivity index (χ0n) is 10.0. The maximum Gasteiger partial charge on any atom is 0.343 e. The maximum atomic E-state index is 10.9. The van der Waals surface area contributed by atoms with Crippen molar-refractivity contribution in [2.75, 3.05) is 13.7 Å². The van der Waals surface area contributed by atoms with E-state index in [1.807, 2.05) is 24.3 Å². The third-order valence-electron chi connectivity index (χ3n) is 2.65. The van der Waals surface area contributed by atoms with Gasteiger partial charge in [0.05, 0.1) is 7.11 Å². The Kier molecular flexibility index (Phi) is 4.83. The van der Waals surface area contributed by atoms with E-state index in [0.717, 1.165) is 6.42 Å². The molecule has 0 saturated carbocycles. The molecule has 0 aliphatic heterocycles. The highest BCUT2D eigenvalue weighted by Crippen LogP contribution is 2.21. The summed E-state index contributed by atoms with van der Waals surface area (Å²) in [5.74, 6) is 0.873. The van der Waals surface area contributed by atoms with Crippen molar-refractivity contribution in [1.29, 1.82) is 0 Å². The first-order chi connectivity index (χ1) is 7.67. The van der Waals surface area contributed by atoms with Crippen molar-refractivity contribution in [2.24, 2.45) is 0 Å². The Hall–Kier alpha value is -1.51. The summed E-state index contributed by atoms with van der Waals surface area (Å²) in [6, 6.07) is 7.82. The summed E-state index contributed by atoms with van der Waals surface area (Å²) in [5, 5.41) is 0. The lowest BCUT2D eigenvalue weighted by Gasteiger charge is -2.10. The van der Waals surface area contributed by atoms with Crippen LogP contribution in [0.3, 0.4) is 0 Å². The summed E-state index contributed by atoms with van der Waals surface area (Å²) >= 11 is 0. The average molecular weight is 222 g/mol. The zero-order valence-corrected chi connectivity index (χ0v) is 10.0. The minimum Gasteiger partial charge on any atom is -0.482 e. The number of ether oxygens (including phenoxy) is 2. The number of methoxy groups -OCH3 is 1. The summed E-state index contributed by atoms with van der Waals surface area (Å²) in [6.45, 7) is 4.30. The summed E-state index contributed by atoms with van der Waals surface area (Å²) in [7, 11) is 1.34. The Labute approximate surface area is 96.4 Å². The molecule has 1 rings (SSSR count). The fourth-order valence-electron chi connectivity index (χ4n) is 1.33. The van der Waals surface area contributed by atoms with Crippen LogP contribution >= 0.6 is 0 Å². The van der Waals surface area contributed by atoms with Crippen LogP contribution in [0.2, 0.25) is 0 Å². The van der Waals surface area contributed by atoms with Gasteiger partial charge < -0.3 is 9.47 Å². The van der Waals surface area contributed by atoms with Gasteiger partial charge in [0, 0.05) is 0 Å². The van der Waals surface area contributed by atoms with Gasteiger partial charge in [-0.2, -0.15) is 0 Å². The van der Waals surface area contributed by atoms with Crippen molar-refractivity contribution >= 4 is 5.97 Å². The largest absolute Gasteiger partial charge is 0.482 e. The van der Waals surface area contributed by atoms with Gasteiger partial charge in [0.15, 0.2) is 6.61 Å². The third kappa shape index (κ3) is 3.57. The lowest BCUT2D eigenvalue weighted by Crippen LogP contribution is -2.12. The number of benzene rings is 1. The van der Waals surface area contributed by atoms with Gasteiger partial charge in [0.2, 0.25) is 0 Å². The molecule has 0 saturated heterocycles. The van der Waals surface area contributed by atoms with Crippen LogP contribution in [-0.2, 0) is 9.53 Å². The lowest BCUT2D eigenvalue weighted by molar-refractivity contribution is -0.142. The highest BCUT2D eigenvalue weighted by Gasteiger charge is 2.04. The number of esters is 1. The van der Waals surface area contributed by atoms with Gasteiger partial charge in [-0.15, -0.1) is 0 Å². The number of carbonyl (C=O) groups is 1. The quantitative estimate of drug-likeness (QED) is 0.719. The van der Waals surface area contributed by atoms with Crippen LogP contribution < -0.4 is 4.74 Å². The number of hydrogen-bond acceptors (Lipinski definition) is 3. The average Bonchev–Trinajstić information content (AvgIpc) is 2.35. The molecule has 0 aromatic heterocycles. The van der Waals surface area contributed by atoms with Crippen LogP contribution in [0.25, 0.3) is 0 Å². The lowest BCUT2D eigenvalue weighted by atomic mass is 9.99. The van der Waals surface area contributed by atoms with Crippen LogP contribution in [0.4, 0.5) is 0 Å². The topological polar surface area (TPSA) is 35.5 Å². The molecule has 1 atom stereocenters. The first-order valence-corrected chi connectivity index (χ1v) is 5.47. The first kappa shape index (κ1) is 12.6. The normalized spacial score (nSPS) is 11.9. The van der Waals surface area contributed by atoms with Gasteiger partial charge in [-0.1, -0.05) is 26.0 Å². The predicted molar refractivity (Wildman–Crippen MR) is 62.7 cm³/mol. The SMILES string of the molecule is CCC(C)c1ccc(OCC(=O)OC)cc1. The molecule has 0 fully saturated rings. The zero-order chi connectivity index (χ0) is 12.0. The molecule has 0 bridgehead atoms. The van der Waals surface area contributed by atoms with Gasteiger partial charge in [0.25, 0.3) is 0 Å². The molecule has 1 aromatic rings. The Morgan fingerprint density at radius 3 is 2.44 bits per heavy atom. The Bertz CT molecular complexity index is 330. The predicted octanol–water partition coefficient (Wildman–Crippen LogP) is 2.75. The molecule has 1 unspecified atom stereocenters. The minimum atomic E-state index is -0.369. The van der Waals surface area contributed by atoms with E-state index < -0.39 is 0 Å². The van der Waals surface area contributed by atoms with E-state index in [2.05, 4.69) is 18.6 Å². The summed E-state index contributed by atoms with van der Waals surface area (Å²) in [5.41, 5.74) is 1.29. The van der Waals surface area contributed by atoms with Crippen molar-refractivity contribution < 1.29 is 14.3 Å². The van der Waals surface area contributed by atoms with E-state index >= 15 is 0 Å². The van der Waals surface area contributed by atoms with Crippen molar-refractivity contribution in [3.8, 4) is 5.75 Å². The monoisotopic (exact) mass is 222 g/mol. The summed E-state index contributed by atoms with van der Waals surface area (Å²) in [6.07, 6.45) is 1.11. The number of rotatable bonds is 5. The molecule has 1 aromatic carbocycles. The fourth-order valence-corrected chi connectivity index (χ4v) is 1.33. The summed E-state index contributed by atoms with van der Waals surface area (Å²) in [4.78, 5) is 10.9. The molecule has 88 valence electrons. The van der Waals surface area contributed by atoms with E-state index in [-0.39, 0.29) is 12.6 Å². The highest BCUT2D eigenvalue weighted by atomic mass is 16.6. The van der Waals surface area contributed by atoms with Crippen LogP contribution in [0, 0.1) is 0 Å². The number of carbonyl (C=O) groups excluding carboxylic acids is 1. The Morgan fingerprint density at radius 1 is 1.31 bits per heavy atom. The molecule has 0 heterocycles. The maximum absolute atomic E-state index is 10.9. The van der Waals surface area contributed by atoms with Gasteiger partial charge >= 0.3 is 5.97 Å². The van der Waals surface area contributed by atoms with Crippen LogP contribution in [0.1, 0.15) is 31.7 Å². The van der Waals surface area contributed by atoms with Gasteiger partial charge in [-0.3, -0.25) is 0 Å². The van der Waals surface area contributed by atoms with Crippen LogP contribution in [-0.4, -0.2) is 19.7 Å². The second kappa shape index (κ2) is 6.16. The molecular weight excluding hydrogens is 204 g/mol.